The molecule has 0 spiro atoms. The molecular weight excluding hydrogens is 388 g/mol. The Morgan fingerprint density at radius 2 is 1.34 bits per heavy atom. The molecule has 0 radical (unpaired) electrons. The van der Waals surface area contributed by atoms with Crippen LogP contribution in [0.1, 0.15) is 101 Å². The van der Waals surface area contributed by atoms with Crippen LogP contribution in [0.3, 0.4) is 0 Å². The lowest BCUT2D eigenvalue weighted by Crippen LogP contribution is -2.08. The molecule has 3 aromatic carbocycles. The zero-order valence-electron chi connectivity index (χ0n) is 20.2. The lowest BCUT2D eigenvalue weighted by Gasteiger charge is -2.20. The molecule has 0 fully saturated rings. The van der Waals surface area contributed by atoms with Crippen LogP contribution in [0.25, 0.3) is 21.5 Å². The summed E-state index contributed by atoms with van der Waals surface area (Å²) < 4.78 is 0. The van der Waals surface area contributed by atoms with E-state index in [9.17, 15) is 5.11 Å². The van der Waals surface area contributed by atoms with Gasteiger partial charge in [0.05, 0.1) is 6.10 Å². The second-order valence-electron chi connectivity index (χ2n) is 10.1. The van der Waals surface area contributed by atoms with Crippen LogP contribution >= 0.6 is 0 Å². The van der Waals surface area contributed by atoms with Crippen LogP contribution in [0.15, 0.2) is 42.5 Å². The Hall–Kier alpha value is -1.86. The van der Waals surface area contributed by atoms with Crippen molar-refractivity contribution in [3.63, 3.8) is 0 Å². The van der Waals surface area contributed by atoms with E-state index in [0.29, 0.717) is 0 Å². The van der Waals surface area contributed by atoms with Crippen molar-refractivity contribution in [2.45, 2.75) is 109 Å². The number of benzene rings is 3. The Bertz CT molecular complexity index is 1000. The summed E-state index contributed by atoms with van der Waals surface area (Å²) >= 11 is 0. The van der Waals surface area contributed by atoms with E-state index in [-0.39, 0.29) is 6.10 Å². The van der Waals surface area contributed by atoms with E-state index in [1.807, 2.05) is 0 Å². The average molecular weight is 431 g/mol. The SMILES string of the molecule is CCCCCCCCCCCCC(O)CCc1cc2c3c(ccc4cccc(c43)CC2)c1. The second-order valence-corrected chi connectivity index (χ2v) is 10.1. The van der Waals surface area contributed by atoms with E-state index < -0.39 is 0 Å². The number of rotatable bonds is 14. The van der Waals surface area contributed by atoms with Gasteiger partial charge in [0.2, 0.25) is 0 Å². The fraction of sp³-hybridized carbons (Fsp3) is 0.548. The molecule has 172 valence electrons. The maximum Gasteiger partial charge on any atom is 0.0543 e. The van der Waals surface area contributed by atoms with E-state index in [4.69, 9.17) is 0 Å². The van der Waals surface area contributed by atoms with Crippen molar-refractivity contribution >= 4 is 21.5 Å². The topological polar surface area (TPSA) is 20.2 Å². The molecule has 1 unspecified atom stereocenters. The minimum absolute atomic E-state index is 0.153. The molecule has 1 nitrogen and oxygen atoms in total. The van der Waals surface area contributed by atoms with Gasteiger partial charge < -0.3 is 5.11 Å². The van der Waals surface area contributed by atoms with Gasteiger partial charge in [0.15, 0.2) is 0 Å². The van der Waals surface area contributed by atoms with Crippen molar-refractivity contribution in [3.05, 3.63) is 59.2 Å². The summed E-state index contributed by atoms with van der Waals surface area (Å²) in [7, 11) is 0. The molecule has 0 saturated heterocycles. The van der Waals surface area contributed by atoms with Crippen LogP contribution in [-0.2, 0) is 19.3 Å². The Morgan fingerprint density at radius 3 is 2.12 bits per heavy atom. The summed E-state index contributed by atoms with van der Waals surface area (Å²) in [6.45, 7) is 2.28. The Balaban J connectivity index is 1.21. The van der Waals surface area contributed by atoms with Gasteiger partial charge in [-0.25, -0.2) is 0 Å². The first-order valence-corrected chi connectivity index (χ1v) is 13.4. The zero-order chi connectivity index (χ0) is 22.2. The molecule has 1 heteroatoms. The van der Waals surface area contributed by atoms with Crippen molar-refractivity contribution in [1.82, 2.24) is 0 Å². The predicted molar refractivity (Wildman–Crippen MR) is 140 cm³/mol. The smallest absolute Gasteiger partial charge is 0.0543 e. The lowest BCUT2D eigenvalue weighted by molar-refractivity contribution is 0.151. The molecule has 1 N–H and O–H groups in total. The highest BCUT2D eigenvalue weighted by Crippen LogP contribution is 2.36. The zero-order valence-corrected chi connectivity index (χ0v) is 20.2. The third-order valence-electron chi connectivity index (χ3n) is 7.51. The predicted octanol–water partition coefficient (Wildman–Crippen LogP) is 8.70. The molecule has 3 aromatic rings. The maximum absolute atomic E-state index is 10.5. The molecule has 0 saturated carbocycles. The Kier molecular flexibility index (Phi) is 8.62. The number of hydrogen-bond acceptors (Lipinski definition) is 1. The molecule has 1 aliphatic rings. The van der Waals surface area contributed by atoms with Gasteiger partial charge in [-0.2, -0.15) is 0 Å². The van der Waals surface area contributed by atoms with E-state index in [1.165, 1.54) is 102 Å². The summed E-state index contributed by atoms with van der Waals surface area (Å²) in [5.74, 6) is 0. The van der Waals surface area contributed by atoms with Gasteiger partial charge in [0, 0.05) is 0 Å². The third kappa shape index (κ3) is 5.93. The van der Waals surface area contributed by atoms with Gasteiger partial charge in [0.1, 0.15) is 0 Å². The fourth-order valence-electron chi connectivity index (χ4n) is 5.64. The largest absolute Gasteiger partial charge is 0.393 e. The minimum Gasteiger partial charge on any atom is -0.393 e. The molecule has 0 heterocycles. The highest BCUT2D eigenvalue weighted by molar-refractivity contribution is 6.11. The summed E-state index contributed by atoms with van der Waals surface area (Å²) in [5, 5.41) is 16.2. The van der Waals surface area contributed by atoms with Gasteiger partial charge >= 0.3 is 0 Å². The van der Waals surface area contributed by atoms with Crippen molar-refractivity contribution in [3.8, 4) is 0 Å². The third-order valence-corrected chi connectivity index (χ3v) is 7.51. The van der Waals surface area contributed by atoms with Crippen molar-refractivity contribution in [2.75, 3.05) is 0 Å². The molecule has 1 aliphatic carbocycles. The van der Waals surface area contributed by atoms with Crippen LogP contribution < -0.4 is 0 Å². The summed E-state index contributed by atoms with van der Waals surface area (Å²) in [4.78, 5) is 0. The van der Waals surface area contributed by atoms with Crippen molar-refractivity contribution in [2.24, 2.45) is 0 Å². The molecule has 4 rings (SSSR count). The molecule has 0 bridgehead atoms. The molecule has 0 aromatic heterocycles. The van der Waals surface area contributed by atoms with E-state index in [2.05, 4.69) is 49.4 Å². The van der Waals surface area contributed by atoms with Gasteiger partial charge in [-0.05, 0) is 70.3 Å². The first kappa shape index (κ1) is 23.3. The average Bonchev–Trinajstić information content (AvgIpc) is 2.82. The number of aliphatic hydroxyl groups excluding tert-OH is 1. The number of aliphatic hydroxyl groups is 1. The van der Waals surface area contributed by atoms with E-state index in [1.54, 1.807) is 0 Å². The molecule has 1 atom stereocenters. The standard InChI is InChI=1S/C31H42O/c1-2-3-4-5-6-7-8-9-10-11-15-29(32)21-16-24-22-27-19-17-25-13-12-14-26-18-20-28(23-24)31(27)30(25)26/h12-14,17,19,22-23,29,32H,2-11,15-16,18,20-21H2,1H3. The maximum atomic E-state index is 10.5. The molecule has 32 heavy (non-hydrogen) atoms. The number of unbranched alkanes of at least 4 members (excludes halogenated alkanes) is 9. The van der Waals surface area contributed by atoms with Gasteiger partial charge in [-0.3, -0.25) is 0 Å². The summed E-state index contributed by atoms with van der Waals surface area (Å²) in [6, 6.07) is 16.1. The van der Waals surface area contributed by atoms with Crippen LogP contribution in [0.2, 0.25) is 0 Å². The normalized spacial score (nSPS) is 13.9. The van der Waals surface area contributed by atoms with Crippen LogP contribution in [0.4, 0.5) is 0 Å². The van der Waals surface area contributed by atoms with Crippen LogP contribution in [0.5, 0.6) is 0 Å². The number of aryl methyl sites for hydroxylation is 3. The first-order chi connectivity index (χ1) is 15.8. The Morgan fingerprint density at radius 1 is 0.688 bits per heavy atom. The monoisotopic (exact) mass is 430 g/mol. The van der Waals surface area contributed by atoms with Crippen LogP contribution in [-0.4, -0.2) is 11.2 Å². The van der Waals surface area contributed by atoms with Gasteiger partial charge in [-0.1, -0.05) is 114 Å². The van der Waals surface area contributed by atoms with E-state index in [0.717, 1.165) is 32.1 Å². The first-order valence-electron chi connectivity index (χ1n) is 13.4. The van der Waals surface area contributed by atoms with Crippen LogP contribution in [0, 0.1) is 0 Å². The van der Waals surface area contributed by atoms with Crippen molar-refractivity contribution in [1.29, 1.82) is 0 Å². The molecular formula is C31H42O. The van der Waals surface area contributed by atoms with Gasteiger partial charge in [0.25, 0.3) is 0 Å². The fourth-order valence-corrected chi connectivity index (χ4v) is 5.64. The minimum atomic E-state index is -0.153. The van der Waals surface area contributed by atoms with Crippen molar-refractivity contribution < 1.29 is 5.11 Å². The highest BCUT2D eigenvalue weighted by atomic mass is 16.3. The summed E-state index contributed by atoms with van der Waals surface area (Å²) in [5.41, 5.74) is 4.40. The van der Waals surface area contributed by atoms with E-state index >= 15 is 0 Å². The Labute approximate surface area is 195 Å². The summed E-state index contributed by atoms with van der Waals surface area (Å²) in [6.07, 6.45) is 18.5. The lowest BCUT2D eigenvalue weighted by atomic mass is 9.84. The second kappa shape index (κ2) is 11.8. The van der Waals surface area contributed by atoms with Gasteiger partial charge in [-0.15, -0.1) is 0 Å². The number of hydrogen-bond donors (Lipinski definition) is 1. The molecule has 0 aliphatic heterocycles. The molecule has 0 amide bonds. The highest BCUT2D eigenvalue weighted by Gasteiger charge is 2.16. The quantitative estimate of drug-likeness (QED) is 0.200.